The van der Waals surface area contributed by atoms with Crippen LogP contribution in [0, 0.1) is 0 Å². The van der Waals surface area contributed by atoms with Crippen LogP contribution in [0.1, 0.15) is 27.7 Å². The van der Waals surface area contributed by atoms with Crippen LogP contribution >= 0.6 is 0 Å². The molecule has 0 heterocycles. The van der Waals surface area contributed by atoms with Crippen molar-refractivity contribution in [2.75, 3.05) is 18.0 Å². The van der Waals surface area contributed by atoms with Crippen molar-refractivity contribution in [3.63, 3.8) is 0 Å². The van der Waals surface area contributed by atoms with Crippen molar-refractivity contribution in [1.82, 2.24) is 5.32 Å². The highest BCUT2D eigenvalue weighted by atomic mass is 16.6. The van der Waals surface area contributed by atoms with E-state index >= 15 is 0 Å². The molecule has 0 spiro atoms. The minimum absolute atomic E-state index is 0.113. The molecule has 0 atom stereocenters. The first kappa shape index (κ1) is 20.3. The molecule has 0 aliphatic rings. The largest absolute Gasteiger partial charge is 0.457 e. The van der Waals surface area contributed by atoms with Gasteiger partial charge in [0, 0.05) is 25.7 Å². The number of hydrogen-bond donors (Lipinski definition) is 1. The van der Waals surface area contributed by atoms with Gasteiger partial charge < -0.3 is 19.7 Å². The number of carbonyl (C=O) groups excluding carboxylic acids is 2. The molecular formula is C21H26N2O4. The third kappa shape index (κ3) is 7.01. The fourth-order valence-corrected chi connectivity index (χ4v) is 2.37. The Balaban J connectivity index is 1.94. The Morgan fingerprint density at radius 2 is 1.56 bits per heavy atom. The Morgan fingerprint density at radius 1 is 0.963 bits per heavy atom. The Bertz CT molecular complexity index is 752. The van der Waals surface area contributed by atoms with Gasteiger partial charge in [0.2, 0.25) is 5.91 Å². The van der Waals surface area contributed by atoms with Crippen molar-refractivity contribution in [3.8, 4) is 11.5 Å². The van der Waals surface area contributed by atoms with E-state index in [1.807, 2.05) is 42.5 Å². The first-order valence-electron chi connectivity index (χ1n) is 8.82. The fourth-order valence-electron chi connectivity index (χ4n) is 2.37. The van der Waals surface area contributed by atoms with Gasteiger partial charge in [-0.05, 0) is 57.2 Å². The molecule has 0 aliphatic heterocycles. The monoisotopic (exact) mass is 370 g/mol. The summed E-state index contributed by atoms with van der Waals surface area (Å²) in [6.07, 6.45) is -0.502. The highest BCUT2D eigenvalue weighted by Gasteiger charge is 2.17. The first-order chi connectivity index (χ1) is 12.7. The van der Waals surface area contributed by atoms with Crippen molar-refractivity contribution >= 4 is 17.7 Å². The van der Waals surface area contributed by atoms with E-state index in [9.17, 15) is 9.59 Å². The standard InChI is InChI=1S/C21H26N2O4/c1-16(24)23(15-14-22-20(25)27-21(2,3)4)17-10-12-19(13-11-17)26-18-8-6-5-7-9-18/h5-13H,14-15H2,1-4H3,(H,22,25). The van der Waals surface area contributed by atoms with E-state index in [4.69, 9.17) is 9.47 Å². The highest BCUT2D eigenvalue weighted by Crippen LogP contribution is 2.24. The lowest BCUT2D eigenvalue weighted by Gasteiger charge is -2.23. The van der Waals surface area contributed by atoms with Crippen LogP contribution < -0.4 is 15.0 Å². The molecule has 0 saturated heterocycles. The predicted molar refractivity (Wildman–Crippen MR) is 105 cm³/mol. The minimum Gasteiger partial charge on any atom is -0.457 e. The van der Waals surface area contributed by atoms with Crippen LogP contribution in [0.15, 0.2) is 54.6 Å². The molecule has 1 N–H and O–H groups in total. The van der Waals surface area contributed by atoms with Gasteiger partial charge in [-0.3, -0.25) is 4.79 Å². The maximum absolute atomic E-state index is 12.0. The molecule has 0 saturated carbocycles. The quantitative estimate of drug-likeness (QED) is 0.820. The molecule has 0 aromatic heterocycles. The number of hydrogen-bond acceptors (Lipinski definition) is 4. The smallest absolute Gasteiger partial charge is 0.407 e. The fraction of sp³-hybridized carbons (Fsp3) is 0.333. The molecular weight excluding hydrogens is 344 g/mol. The van der Waals surface area contributed by atoms with E-state index in [0.717, 1.165) is 11.4 Å². The van der Waals surface area contributed by atoms with Gasteiger partial charge in [-0.2, -0.15) is 0 Å². The average Bonchev–Trinajstić information content (AvgIpc) is 2.59. The van der Waals surface area contributed by atoms with Gasteiger partial charge in [-0.25, -0.2) is 4.79 Å². The predicted octanol–water partition coefficient (Wildman–Crippen LogP) is 4.36. The van der Waals surface area contributed by atoms with Crippen LogP contribution in [0.2, 0.25) is 0 Å². The lowest BCUT2D eigenvalue weighted by atomic mass is 10.2. The Kier molecular flexibility index (Phi) is 6.82. The molecule has 144 valence electrons. The summed E-state index contributed by atoms with van der Waals surface area (Å²) in [5.74, 6) is 1.31. The van der Waals surface area contributed by atoms with Crippen molar-refractivity contribution in [2.45, 2.75) is 33.3 Å². The molecule has 6 nitrogen and oxygen atoms in total. The maximum atomic E-state index is 12.0. The second-order valence-electron chi connectivity index (χ2n) is 7.01. The normalized spacial score (nSPS) is 10.8. The van der Waals surface area contributed by atoms with Gasteiger partial charge in [-0.15, -0.1) is 0 Å². The Hall–Kier alpha value is -3.02. The van der Waals surface area contributed by atoms with E-state index < -0.39 is 11.7 Å². The van der Waals surface area contributed by atoms with Gasteiger partial charge in [0.1, 0.15) is 17.1 Å². The molecule has 0 radical (unpaired) electrons. The van der Waals surface area contributed by atoms with Crippen LogP contribution in [0.25, 0.3) is 0 Å². The van der Waals surface area contributed by atoms with Crippen LogP contribution in [0.5, 0.6) is 11.5 Å². The van der Waals surface area contributed by atoms with E-state index in [2.05, 4.69) is 5.32 Å². The summed E-state index contributed by atoms with van der Waals surface area (Å²) >= 11 is 0. The minimum atomic E-state index is -0.557. The van der Waals surface area contributed by atoms with Gasteiger partial charge in [-0.1, -0.05) is 18.2 Å². The topological polar surface area (TPSA) is 67.9 Å². The summed E-state index contributed by atoms with van der Waals surface area (Å²) in [4.78, 5) is 25.3. The number of alkyl carbamates (subject to hydrolysis) is 1. The van der Waals surface area contributed by atoms with E-state index in [0.29, 0.717) is 12.3 Å². The summed E-state index contributed by atoms with van der Waals surface area (Å²) in [5.41, 5.74) is 0.174. The molecule has 6 heteroatoms. The number of rotatable bonds is 6. The van der Waals surface area contributed by atoms with Crippen molar-refractivity contribution < 1.29 is 19.1 Å². The Labute approximate surface area is 160 Å². The molecule has 0 fully saturated rings. The lowest BCUT2D eigenvalue weighted by molar-refractivity contribution is -0.116. The van der Waals surface area contributed by atoms with Crippen LogP contribution in [0.4, 0.5) is 10.5 Å². The lowest BCUT2D eigenvalue weighted by Crippen LogP contribution is -2.39. The number of nitrogens with one attached hydrogen (secondary N) is 1. The number of anilines is 1. The van der Waals surface area contributed by atoms with Gasteiger partial charge in [0.25, 0.3) is 0 Å². The average molecular weight is 370 g/mol. The summed E-state index contributed by atoms with van der Waals surface area (Å²) in [7, 11) is 0. The molecule has 0 aliphatic carbocycles. The number of ether oxygens (including phenoxy) is 2. The van der Waals surface area contributed by atoms with E-state index in [-0.39, 0.29) is 12.5 Å². The third-order valence-electron chi connectivity index (χ3n) is 3.51. The zero-order chi connectivity index (χ0) is 19.9. The molecule has 0 bridgehead atoms. The van der Waals surface area contributed by atoms with E-state index in [1.165, 1.54) is 6.92 Å². The molecule has 2 amide bonds. The van der Waals surface area contributed by atoms with Crippen molar-refractivity contribution in [1.29, 1.82) is 0 Å². The summed E-state index contributed by atoms with van der Waals surface area (Å²) in [6, 6.07) is 16.7. The number of para-hydroxylation sites is 1. The molecule has 27 heavy (non-hydrogen) atoms. The first-order valence-corrected chi connectivity index (χ1v) is 8.82. The van der Waals surface area contributed by atoms with Crippen LogP contribution in [-0.2, 0) is 9.53 Å². The van der Waals surface area contributed by atoms with Crippen molar-refractivity contribution in [3.05, 3.63) is 54.6 Å². The van der Waals surface area contributed by atoms with Gasteiger partial charge in [0.15, 0.2) is 0 Å². The number of carbonyl (C=O) groups is 2. The Morgan fingerprint density at radius 3 is 2.11 bits per heavy atom. The second-order valence-corrected chi connectivity index (χ2v) is 7.01. The van der Waals surface area contributed by atoms with Crippen molar-refractivity contribution in [2.24, 2.45) is 0 Å². The number of nitrogens with zero attached hydrogens (tertiary/aromatic N) is 1. The number of amides is 2. The molecule has 0 unspecified atom stereocenters. The molecule has 2 aromatic rings. The maximum Gasteiger partial charge on any atom is 0.407 e. The third-order valence-corrected chi connectivity index (χ3v) is 3.51. The van der Waals surface area contributed by atoms with Crippen LogP contribution in [-0.4, -0.2) is 30.7 Å². The van der Waals surface area contributed by atoms with Crippen LogP contribution in [0.3, 0.4) is 0 Å². The second kappa shape index (κ2) is 9.07. The summed E-state index contributed by atoms with van der Waals surface area (Å²) < 4.78 is 10.9. The zero-order valence-electron chi connectivity index (χ0n) is 16.2. The molecule has 2 rings (SSSR count). The SMILES string of the molecule is CC(=O)N(CCNC(=O)OC(C)(C)C)c1ccc(Oc2ccccc2)cc1. The zero-order valence-corrected chi connectivity index (χ0v) is 16.2. The molecule has 2 aromatic carbocycles. The summed E-state index contributed by atoms with van der Waals surface area (Å²) in [6.45, 7) is 7.51. The number of benzene rings is 2. The summed E-state index contributed by atoms with van der Waals surface area (Å²) in [5, 5.41) is 2.66. The van der Waals surface area contributed by atoms with E-state index in [1.54, 1.807) is 37.8 Å². The highest BCUT2D eigenvalue weighted by molar-refractivity contribution is 5.91. The van der Waals surface area contributed by atoms with Gasteiger partial charge >= 0.3 is 6.09 Å². The van der Waals surface area contributed by atoms with Gasteiger partial charge in [0.05, 0.1) is 0 Å².